The van der Waals surface area contributed by atoms with Gasteiger partial charge in [-0.1, -0.05) is 87.3 Å². The molecular weight excluding hydrogens is 719 g/mol. The highest BCUT2D eigenvalue weighted by molar-refractivity contribution is 7.09. The van der Waals surface area contributed by atoms with E-state index in [1.807, 2.05) is 51.6 Å². The summed E-state index contributed by atoms with van der Waals surface area (Å²) in [4.78, 5) is 62.4. The lowest BCUT2D eigenvalue weighted by atomic mass is 9.91. The number of carboxylic acid groups (broad SMARTS) is 1. The zero-order valence-electron chi connectivity index (χ0n) is 35.1. The van der Waals surface area contributed by atoms with Crippen molar-refractivity contribution >= 4 is 35.0 Å². The molecule has 0 aliphatic rings. The number of aromatic nitrogens is 1. The largest absolute Gasteiger partial charge is 0.508 e. The lowest BCUT2D eigenvalue weighted by Crippen LogP contribution is -2.59. The number of carbonyl (C=O) groups excluding carboxylic acids is 3. The summed E-state index contributed by atoms with van der Waals surface area (Å²) in [5.41, 5.74) is 1.06. The molecule has 4 N–H and O–H groups in total. The van der Waals surface area contributed by atoms with Crippen LogP contribution in [0.4, 0.5) is 0 Å². The normalized spacial score (nSPS) is 16.1. The Morgan fingerprint density at radius 1 is 0.891 bits per heavy atom. The van der Waals surface area contributed by atoms with E-state index in [-0.39, 0.29) is 59.5 Å². The molecule has 13 heteroatoms. The molecule has 55 heavy (non-hydrogen) atoms. The molecule has 2 rings (SSSR count). The van der Waals surface area contributed by atoms with Gasteiger partial charge >= 0.3 is 5.97 Å². The smallest absolute Gasteiger partial charge is 0.306 e. The summed E-state index contributed by atoms with van der Waals surface area (Å²) in [5.74, 6) is -2.11. The van der Waals surface area contributed by atoms with E-state index >= 15 is 0 Å². The Hall–Kier alpha value is -3.55. The zero-order chi connectivity index (χ0) is 41.4. The number of phenolic OH excluding ortho intramolecular Hbond substituents is 1. The fourth-order valence-corrected chi connectivity index (χ4v) is 7.78. The first-order chi connectivity index (χ1) is 26.0. The average molecular weight is 788 g/mol. The summed E-state index contributed by atoms with van der Waals surface area (Å²) in [6.45, 7) is 19.0. The summed E-state index contributed by atoms with van der Waals surface area (Å²) in [7, 11) is 3.80. The highest BCUT2D eigenvalue weighted by atomic mass is 32.1. The Morgan fingerprint density at radius 2 is 1.53 bits per heavy atom. The molecule has 0 saturated heterocycles. The van der Waals surface area contributed by atoms with E-state index in [1.54, 1.807) is 36.6 Å². The van der Waals surface area contributed by atoms with E-state index < -0.39 is 36.0 Å². The number of aliphatic carboxylic acids is 1. The highest BCUT2D eigenvalue weighted by Crippen LogP contribution is 2.32. The van der Waals surface area contributed by atoms with Crippen LogP contribution in [0.2, 0.25) is 0 Å². The second kappa shape index (κ2) is 23.5. The number of carboxylic acids is 1. The number of hydrogen-bond acceptors (Lipinski definition) is 9. The van der Waals surface area contributed by atoms with Crippen LogP contribution >= 0.6 is 11.3 Å². The van der Waals surface area contributed by atoms with Crippen molar-refractivity contribution in [1.82, 2.24) is 25.4 Å². The van der Waals surface area contributed by atoms with Crippen molar-refractivity contribution in [2.24, 2.45) is 23.7 Å². The van der Waals surface area contributed by atoms with E-state index in [2.05, 4.69) is 38.3 Å². The number of nitrogens with one attached hydrogen (secondary N) is 2. The van der Waals surface area contributed by atoms with Gasteiger partial charge in [0.2, 0.25) is 11.8 Å². The summed E-state index contributed by atoms with van der Waals surface area (Å²) >= 11 is 1.32. The summed E-state index contributed by atoms with van der Waals surface area (Å²) < 4.78 is 6.42. The van der Waals surface area contributed by atoms with Crippen LogP contribution in [0.25, 0.3) is 0 Å². The van der Waals surface area contributed by atoms with Gasteiger partial charge in [0.1, 0.15) is 28.6 Å². The predicted molar refractivity (Wildman–Crippen MR) is 219 cm³/mol. The van der Waals surface area contributed by atoms with E-state index in [9.17, 15) is 29.4 Å². The van der Waals surface area contributed by atoms with Crippen molar-refractivity contribution in [3.63, 3.8) is 0 Å². The number of carbonyl (C=O) groups is 4. The molecule has 1 aromatic carbocycles. The molecular formula is C42H69N5O7S. The topological polar surface area (TPSA) is 161 Å². The fraction of sp³-hybridized carbons (Fsp3) is 0.690. The van der Waals surface area contributed by atoms with Crippen LogP contribution in [0.15, 0.2) is 29.6 Å². The van der Waals surface area contributed by atoms with E-state index in [0.717, 1.165) is 31.2 Å². The summed E-state index contributed by atoms with van der Waals surface area (Å²) in [5, 5.41) is 27.8. The van der Waals surface area contributed by atoms with E-state index in [1.165, 1.54) is 11.3 Å². The number of benzene rings is 1. The molecule has 2 aromatic rings. The molecule has 0 spiro atoms. The van der Waals surface area contributed by atoms with Gasteiger partial charge < -0.3 is 30.5 Å². The third-order valence-corrected chi connectivity index (χ3v) is 11.5. The molecule has 1 aromatic heterocycles. The molecule has 0 aliphatic carbocycles. The van der Waals surface area contributed by atoms with Gasteiger partial charge in [-0.3, -0.25) is 24.1 Å². The molecule has 0 fully saturated rings. The number of hydrogen-bond donors (Lipinski definition) is 4. The van der Waals surface area contributed by atoms with Gasteiger partial charge in [0, 0.05) is 37.0 Å². The maximum Gasteiger partial charge on any atom is 0.306 e. The monoisotopic (exact) mass is 787 g/mol. The molecule has 8 atom stereocenters. The van der Waals surface area contributed by atoms with Crippen LogP contribution in [0.3, 0.4) is 0 Å². The van der Waals surface area contributed by atoms with Crippen molar-refractivity contribution in [2.75, 3.05) is 27.2 Å². The summed E-state index contributed by atoms with van der Waals surface area (Å²) in [6, 6.07) is 4.83. The Labute approximate surface area is 333 Å². The van der Waals surface area contributed by atoms with E-state index in [4.69, 9.17) is 9.72 Å². The Balaban J connectivity index is 2.43. The van der Waals surface area contributed by atoms with Crippen molar-refractivity contribution in [1.29, 1.82) is 0 Å². The summed E-state index contributed by atoms with van der Waals surface area (Å²) in [6.07, 6.45) is 3.60. The zero-order valence-corrected chi connectivity index (χ0v) is 35.9. The number of aromatic hydroxyl groups is 1. The molecule has 0 bridgehead atoms. The van der Waals surface area contributed by atoms with Gasteiger partial charge in [-0.25, -0.2) is 4.98 Å². The standard InChI is InChI=1S/C42H69N5O7S/c1-12-20-47(41(51)36(27(7)14-3)45-39(50)37(46(10)11)28(8)15-4)34(26(5)6)24-35(54-21-13-2)40-44-33(25-55-40)38(49)43-31(22-29(9)42(52)53)23-30-16-18-32(48)19-17-30/h16-19,25-29,31,34-37,48H,12-15,20-24H2,1-11H3,(H,43,49)(H,45,50)(H,52,53)/t27-,28-,29-,31+,34+,35+,36-,37+/m0/s1. The number of likely N-dealkylation sites (N-methyl/N-ethyl adjacent to an activating group) is 1. The lowest BCUT2D eigenvalue weighted by molar-refractivity contribution is -0.143. The maximum atomic E-state index is 14.7. The minimum Gasteiger partial charge on any atom is -0.508 e. The molecule has 0 aliphatic heterocycles. The van der Waals surface area contributed by atoms with E-state index in [0.29, 0.717) is 31.0 Å². The average Bonchev–Trinajstić information content (AvgIpc) is 3.63. The first kappa shape index (κ1) is 47.6. The van der Waals surface area contributed by atoms with Gasteiger partial charge in [0.25, 0.3) is 5.91 Å². The third kappa shape index (κ3) is 14.5. The van der Waals surface area contributed by atoms with Gasteiger partial charge in [-0.2, -0.15) is 0 Å². The van der Waals surface area contributed by atoms with Crippen LogP contribution in [-0.2, 0) is 25.5 Å². The molecule has 12 nitrogen and oxygen atoms in total. The first-order valence-electron chi connectivity index (χ1n) is 20.1. The quantitative estimate of drug-likeness (QED) is 0.0837. The van der Waals surface area contributed by atoms with Crippen LogP contribution < -0.4 is 10.6 Å². The minimum absolute atomic E-state index is 0.0470. The molecule has 0 saturated carbocycles. The fourth-order valence-electron chi connectivity index (χ4n) is 6.92. The van der Waals surface area contributed by atoms with Crippen LogP contribution in [-0.4, -0.2) is 100 Å². The molecule has 1 heterocycles. The Kier molecular flexibility index (Phi) is 20.3. The predicted octanol–water partition coefficient (Wildman–Crippen LogP) is 6.93. The SMILES string of the molecule is CCCO[C@H](C[C@H](C(C)C)N(CCC)C(=O)[C@@H](NC(=O)[C@@H]([C@@H](C)CC)N(C)C)[C@@H](C)CC)c1nc(C(=O)N[C@@H](Cc2ccc(O)cc2)C[C@H](C)C(=O)O)cs1. The molecule has 0 radical (unpaired) electrons. The second-order valence-electron chi connectivity index (χ2n) is 15.7. The second-order valence-corrected chi connectivity index (χ2v) is 16.6. The van der Waals surface area contributed by atoms with Crippen LogP contribution in [0.1, 0.15) is 128 Å². The Bertz CT molecular complexity index is 1480. The lowest BCUT2D eigenvalue weighted by Gasteiger charge is -2.40. The Morgan fingerprint density at radius 3 is 2.05 bits per heavy atom. The number of ether oxygens (including phenoxy) is 1. The van der Waals surface area contributed by atoms with Gasteiger partial charge in [0.15, 0.2) is 0 Å². The van der Waals surface area contributed by atoms with Crippen LogP contribution in [0.5, 0.6) is 5.75 Å². The van der Waals surface area contributed by atoms with Gasteiger partial charge in [0.05, 0.1) is 12.0 Å². The molecule has 0 unspecified atom stereocenters. The van der Waals surface area contributed by atoms with Crippen LogP contribution in [0, 0.1) is 23.7 Å². The number of phenols is 1. The van der Waals surface area contributed by atoms with Gasteiger partial charge in [-0.15, -0.1) is 11.3 Å². The number of thiazole rings is 1. The number of rotatable bonds is 25. The molecule has 3 amide bonds. The van der Waals surface area contributed by atoms with Crippen molar-refractivity contribution in [2.45, 2.75) is 138 Å². The van der Waals surface area contributed by atoms with Crippen molar-refractivity contribution < 1.29 is 34.1 Å². The van der Waals surface area contributed by atoms with Gasteiger partial charge in [-0.05, 0) is 75.2 Å². The minimum atomic E-state index is -0.950. The van der Waals surface area contributed by atoms with Crippen molar-refractivity contribution in [3.8, 4) is 5.75 Å². The number of nitrogens with zero attached hydrogens (tertiary/aromatic N) is 3. The first-order valence-corrected chi connectivity index (χ1v) is 21.0. The van der Waals surface area contributed by atoms with Crippen molar-refractivity contribution in [3.05, 3.63) is 45.9 Å². The molecule has 310 valence electrons. The third-order valence-electron chi connectivity index (χ3n) is 10.5. The number of amides is 3. The highest BCUT2D eigenvalue weighted by Gasteiger charge is 2.38. The maximum absolute atomic E-state index is 14.7.